The summed E-state index contributed by atoms with van der Waals surface area (Å²) in [5.41, 5.74) is 20.8. The predicted octanol–water partition coefficient (Wildman–Crippen LogP) is -1.05. The monoisotopic (exact) mass is 1080 g/mol. The first-order valence-corrected chi connectivity index (χ1v) is 26.5. The molecule has 0 aliphatic carbocycles. The number of imidazole rings is 1. The Morgan fingerprint density at radius 3 is 2.05 bits per heavy atom. The van der Waals surface area contributed by atoms with Crippen LogP contribution < -0.4 is 54.4 Å². The van der Waals surface area contributed by atoms with E-state index in [0.29, 0.717) is 17.0 Å². The number of nitrogens with zero attached hydrogens (tertiary/aromatic N) is 2. The van der Waals surface area contributed by atoms with Crippen molar-refractivity contribution in [2.45, 2.75) is 128 Å². The van der Waals surface area contributed by atoms with Crippen LogP contribution in [-0.2, 0) is 67.2 Å². The van der Waals surface area contributed by atoms with Crippen LogP contribution in [0.15, 0.2) is 67.3 Å². The van der Waals surface area contributed by atoms with Gasteiger partial charge in [-0.1, -0.05) is 69.7 Å². The molecule has 4 aromatic rings. The minimum absolute atomic E-state index is 0.0565. The van der Waals surface area contributed by atoms with Crippen LogP contribution in [0, 0.1) is 18.8 Å². The van der Waals surface area contributed by atoms with Crippen LogP contribution >= 0.6 is 11.8 Å². The van der Waals surface area contributed by atoms with Crippen molar-refractivity contribution in [1.82, 2.24) is 57.1 Å². The predicted molar refractivity (Wildman–Crippen MR) is 287 cm³/mol. The number of hydrogen-bond donors (Lipinski definition) is 12. The lowest BCUT2D eigenvalue weighted by atomic mass is 10.0. The number of rotatable bonds is 28. The van der Waals surface area contributed by atoms with Crippen LogP contribution in [0.4, 0.5) is 0 Å². The molecule has 25 heteroatoms. The third-order valence-electron chi connectivity index (χ3n) is 12.8. The molecule has 1 aliphatic rings. The number of aromatic nitrogens is 3. The zero-order chi connectivity index (χ0) is 56.5. The lowest BCUT2D eigenvalue weighted by Gasteiger charge is -2.29. The van der Waals surface area contributed by atoms with E-state index >= 15 is 0 Å². The average molecular weight is 1090 g/mol. The summed E-state index contributed by atoms with van der Waals surface area (Å²) < 4.78 is 0. The summed E-state index contributed by atoms with van der Waals surface area (Å²) in [7, 11) is 0. The summed E-state index contributed by atoms with van der Waals surface area (Å²) in [5, 5.41) is 19.2. The molecule has 10 amide bonds. The Bertz CT molecular complexity index is 2740. The van der Waals surface area contributed by atoms with E-state index in [9.17, 15) is 47.9 Å². The van der Waals surface area contributed by atoms with Crippen molar-refractivity contribution in [2.75, 3.05) is 18.2 Å². The molecule has 3 heterocycles. The molecule has 1 fully saturated rings. The van der Waals surface area contributed by atoms with Crippen molar-refractivity contribution >= 4 is 81.7 Å². The molecule has 0 spiro atoms. The van der Waals surface area contributed by atoms with Crippen LogP contribution in [0.3, 0.4) is 0 Å². The van der Waals surface area contributed by atoms with Gasteiger partial charge in [0.15, 0.2) is 0 Å². The number of H-pyrrole nitrogens is 2. The second-order valence-electron chi connectivity index (χ2n) is 20.0. The first-order valence-electron chi connectivity index (χ1n) is 25.4. The number of carbonyl (C=O) groups is 10. The zero-order valence-corrected chi connectivity index (χ0v) is 44.9. The molecule has 0 bridgehead atoms. The van der Waals surface area contributed by atoms with Crippen molar-refractivity contribution in [3.05, 3.63) is 89.6 Å². The van der Waals surface area contributed by atoms with Gasteiger partial charge in [0, 0.05) is 54.0 Å². The molecule has 0 unspecified atom stereocenters. The molecule has 1 saturated heterocycles. The molecule has 2 aromatic heterocycles. The molecule has 2 aromatic carbocycles. The summed E-state index contributed by atoms with van der Waals surface area (Å²) in [5.74, 6) is -7.33. The van der Waals surface area contributed by atoms with E-state index < -0.39 is 120 Å². The number of primary amides is 2. The summed E-state index contributed by atoms with van der Waals surface area (Å²) in [6.45, 7) is 9.66. The molecule has 24 nitrogen and oxygen atoms in total. The topological polar surface area (TPSA) is 381 Å². The number of aryl methyl sites for hydroxylation is 1. The largest absolute Gasteiger partial charge is 0.370 e. The fraction of sp³-hybridized carbons (Fsp3) is 0.481. The fourth-order valence-electron chi connectivity index (χ4n) is 8.56. The van der Waals surface area contributed by atoms with E-state index in [0.717, 1.165) is 22.0 Å². The van der Waals surface area contributed by atoms with Crippen LogP contribution in [0.1, 0.15) is 76.3 Å². The van der Waals surface area contributed by atoms with Gasteiger partial charge < -0.3 is 69.3 Å². The van der Waals surface area contributed by atoms with Gasteiger partial charge in [-0.2, -0.15) is 0 Å². The Kier molecular flexibility index (Phi) is 22.1. The quantitative estimate of drug-likeness (QED) is 0.0324. The number of nitrogens with one attached hydrogen (secondary N) is 9. The molecule has 1 aliphatic heterocycles. The van der Waals surface area contributed by atoms with Gasteiger partial charge >= 0.3 is 0 Å². The lowest BCUT2D eigenvalue weighted by Crippen LogP contribution is -2.59. The lowest BCUT2D eigenvalue weighted by molar-refractivity contribution is -0.141. The highest BCUT2D eigenvalue weighted by Gasteiger charge is 2.39. The normalized spacial score (nSPS) is 16.0. The third kappa shape index (κ3) is 17.9. The molecular formula is C52H72N14O10S. The van der Waals surface area contributed by atoms with Crippen molar-refractivity contribution in [2.24, 2.45) is 29.0 Å². The SMILES string of the molecule is Cc1ccc2[nH]cc(C[C@H](NC(=O)[C@H](CCC(N)=O)NC(=O)[C@H](N)Cc3ccccc3)C(=O)N[C@@H](C)C(=O)N[C@H](C(=O)NCC(=O)N[C@@H](Cc3cnc[nH]3)C(=O)N[C@@H](CC(C)C)C(=O)N3CSC[C@H]3C(N)=O)C(C)C)c2c1. The highest BCUT2D eigenvalue weighted by Crippen LogP contribution is 2.24. The van der Waals surface area contributed by atoms with Gasteiger partial charge in [-0.05, 0) is 68.2 Å². The molecule has 0 saturated carbocycles. The van der Waals surface area contributed by atoms with Gasteiger partial charge in [-0.25, -0.2) is 4.98 Å². The standard InChI is InChI=1S/C52H72N14O10S/c1-27(2)16-40(52(76)66-26-77-24-41(66)45(55)69)64-50(74)39(20-33-22-56-25-59-33)61-43(68)23-58-51(75)44(28(3)4)65-46(70)30(6)60-49(73)38(19-32-21-57-36-13-12-29(5)17-34(32)36)63-48(72)37(14-15-42(54)67)62-47(71)35(53)18-31-10-8-7-9-11-31/h7-13,17,21-22,25,27-28,30,35,37-41,44,57H,14-16,18-20,23-24,26,53H2,1-6H3,(H2,54,67)(H2,55,69)(H,56,59)(H,58,75)(H,60,73)(H,61,68)(H,62,71)(H,63,72)(H,64,74)(H,65,70)/t30-,35+,37-,38-,39-,40-,41-,44-/m0/s1. The maximum absolute atomic E-state index is 14.3. The van der Waals surface area contributed by atoms with Gasteiger partial charge in [-0.3, -0.25) is 47.9 Å². The molecule has 5 rings (SSSR count). The van der Waals surface area contributed by atoms with Crippen molar-refractivity contribution in [3.63, 3.8) is 0 Å². The zero-order valence-electron chi connectivity index (χ0n) is 44.1. The third-order valence-corrected chi connectivity index (χ3v) is 13.8. The number of fused-ring (bicyclic) bond motifs is 1. The summed E-state index contributed by atoms with van der Waals surface area (Å²) in [4.78, 5) is 146. The molecule has 77 heavy (non-hydrogen) atoms. The van der Waals surface area contributed by atoms with E-state index in [4.69, 9.17) is 17.2 Å². The Labute approximate surface area is 450 Å². The number of nitrogens with two attached hydrogens (primary N) is 3. The molecule has 8 atom stereocenters. The van der Waals surface area contributed by atoms with Gasteiger partial charge in [0.25, 0.3) is 0 Å². The number of aromatic amines is 2. The number of amides is 10. The Morgan fingerprint density at radius 2 is 1.40 bits per heavy atom. The minimum Gasteiger partial charge on any atom is -0.370 e. The summed E-state index contributed by atoms with van der Waals surface area (Å²) >= 11 is 1.36. The van der Waals surface area contributed by atoms with Crippen molar-refractivity contribution < 1.29 is 47.9 Å². The number of carbonyl (C=O) groups excluding carboxylic acids is 10. The second-order valence-corrected chi connectivity index (χ2v) is 21.0. The molecular weight excluding hydrogens is 1010 g/mol. The molecule has 15 N–H and O–H groups in total. The van der Waals surface area contributed by atoms with Crippen LogP contribution in [-0.4, -0.2) is 145 Å². The minimum atomic E-state index is -1.36. The summed E-state index contributed by atoms with van der Waals surface area (Å²) in [6, 6.07) is 5.19. The van der Waals surface area contributed by atoms with E-state index in [-0.39, 0.29) is 50.3 Å². The van der Waals surface area contributed by atoms with E-state index in [2.05, 4.69) is 52.2 Å². The Balaban J connectivity index is 1.25. The second kappa shape index (κ2) is 28.4. The van der Waals surface area contributed by atoms with Crippen LogP contribution in [0.25, 0.3) is 10.9 Å². The van der Waals surface area contributed by atoms with Crippen LogP contribution in [0.2, 0.25) is 0 Å². The molecule has 0 radical (unpaired) electrons. The number of hydrogen-bond acceptors (Lipinski definition) is 13. The highest BCUT2D eigenvalue weighted by molar-refractivity contribution is 7.99. The average Bonchev–Trinajstić information content (AvgIpc) is 4.18. The maximum Gasteiger partial charge on any atom is 0.246 e. The van der Waals surface area contributed by atoms with Crippen molar-refractivity contribution in [3.8, 4) is 0 Å². The van der Waals surface area contributed by atoms with E-state index in [1.54, 1.807) is 44.3 Å². The first-order chi connectivity index (χ1) is 36.5. The van der Waals surface area contributed by atoms with Gasteiger partial charge in [0.2, 0.25) is 59.1 Å². The fourth-order valence-corrected chi connectivity index (χ4v) is 9.74. The summed E-state index contributed by atoms with van der Waals surface area (Å²) in [6.07, 6.45) is 4.24. The van der Waals surface area contributed by atoms with Gasteiger partial charge in [0.05, 0.1) is 24.8 Å². The maximum atomic E-state index is 14.3. The Morgan fingerprint density at radius 1 is 0.740 bits per heavy atom. The number of thioether (sulfide) groups is 1. The van der Waals surface area contributed by atoms with E-state index in [1.807, 2.05) is 45.0 Å². The first kappa shape index (κ1) is 60.1. The van der Waals surface area contributed by atoms with Gasteiger partial charge in [0.1, 0.15) is 42.3 Å². The van der Waals surface area contributed by atoms with Gasteiger partial charge in [-0.15, -0.1) is 11.8 Å². The van der Waals surface area contributed by atoms with E-state index in [1.165, 1.54) is 36.1 Å². The van der Waals surface area contributed by atoms with Crippen LogP contribution in [0.5, 0.6) is 0 Å². The Hall–Kier alpha value is -7.80. The highest BCUT2D eigenvalue weighted by atomic mass is 32.2. The molecule has 416 valence electrons. The number of benzene rings is 2. The smallest absolute Gasteiger partial charge is 0.246 e. The van der Waals surface area contributed by atoms with Crippen molar-refractivity contribution in [1.29, 1.82) is 0 Å².